The van der Waals surface area contributed by atoms with Crippen molar-refractivity contribution in [1.82, 2.24) is 15.1 Å². The molecule has 2 N–H and O–H groups in total. The number of carbonyl (C=O) groups excluding carboxylic acids is 1. The zero-order valence-corrected chi connectivity index (χ0v) is 13.6. The van der Waals surface area contributed by atoms with E-state index < -0.39 is 10.5 Å². The Morgan fingerprint density at radius 1 is 1.29 bits per heavy atom. The lowest BCUT2D eigenvalue weighted by molar-refractivity contribution is -0.384. The first kappa shape index (κ1) is 17.6. The van der Waals surface area contributed by atoms with Crippen molar-refractivity contribution >= 4 is 11.6 Å². The summed E-state index contributed by atoms with van der Waals surface area (Å²) in [5.41, 5.74) is -0.111. The van der Waals surface area contributed by atoms with Gasteiger partial charge in [0, 0.05) is 24.9 Å². The van der Waals surface area contributed by atoms with Crippen LogP contribution in [0.5, 0.6) is 0 Å². The number of nitrogens with one attached hydrogen (secondary N) is 1. The summed E-state index contributed by atoms with van der Waals surface area (Å²) in [7, 11) is 0. The maximum Gasteiger partial charge on any atom is 0.271 e. The van der Waals surface area contributed by atoms with E-state index in [1.165, 1.54) is 16.8 Å². The lowest BCUT2D eigenvalue weighted by Gasteiger charge is -2.25. The summed E-state index contributed by atoms with van der Waals surface area (Å²) < 4.78 is 1.46. The highest BCUT2D eigenvalue weighted by Gasteiger charge is 2.23. The summed E-state index contributed by atoms with van der Waals surface area (Å²) in [5.74, 6) is -0.379. The minimum atomic E-state index is -0.920. The fraction of sp³-hybridized carbons (Fsp3) is 0.375. The van der Waals surface area contributed by atoms with Gasteiger partial charge in [-0.1, -0.05) is 13.8 Å². The maximum absolute atomic E-state index is 12.1. The number of hydrogen-bond donors (Lipinski definition) is 2. The van der Waals surface area contributed by atoms with Gasteiger partial charge in [0.15, 0.2) is 5.69 Å². The van der Waals surface area contributed by atoms with Crippen LogP contribution in [-0.4, -0.2) is 37.9 Å². The van der Waals surface area contributed by atoms with E-state index in [4.69, 9.17) is 0 Å². The topological polar surface area (TPSA) is 110 Å². The van der Waals surface area contributed by atoms with Crippen LogP contribution in [0.15, 0.2) is 36.5 Å². The van der Waals surface area contributed by atoms with Gasteiger partial charge in [-0.3, -0.25) is 14.9 Å². The molecular weight excluding hydrogens is 312 g/mol. The molecule has 0 aliphatic carbocycles. The van der Waals surface area contributed by atoms with Crippen molar-refractivity contribution in [3.05, 3.63) is 52.3 Å². The molecule has 0 aliphatic rings. The number of hydrogen-bond acceptors (Lipinski definition) is 5. The number of nitro benzene ring substituents is 1. The smallest absolute Gasteiger partial charge is 0.271 e. The molecule has 0 saturated carbocycles. The zero-order valence-electron chi connectivity index (χ0n) is 13.6. The second-order valence-corrected chi connectivity index (χ2v) is 5.53. The first-order valence-electron chi connectivity index (χ1n) is 7.69. The molecule has 8 heteroatoms. The number of benzene rings is 1. The van der Waals surface area contributed by atoms with Gasteiger partial charge in [-0.15, -0.1) is 0 Å². The Bertz CT molecular complexity index is 720. The minimum absolute atomic E-state index is 0.0118. The van der Waals surface area contributed by atoms with Crippen LogP contribution >= 0.6 is 0 Å². The molecule has 0 radical (unpaired) electrons. The molecule has 0 spiro atoms. The molecule has 1 amide bonds. The Morgan fingerprint density at radius 3 is 2.46 bits per heavy atom. The van der Waals surface area contributed by atoms with E-state index in [1.54, 1.807) is 24.4 Å². The highest BCUT2D eigenvalue weighted by molar-refractivity contribution is 5.92. The molecule has 1 aromatic carbocycles. The average molecular weight is 332 g/mol. The van der Waals surface area contributed by atoms with Gasteiger partial charge in [-0.25, -0.2) is 4.68 Å². The maximum atomic E-state index is 12.1. The number of nitrogens with zero attached hydrogens (tertiary/aromatic N) is 3. The van der Waals surface area contributed by atoms with Gasteiger partial charge in [0.2, 0.25) is 0 Å². The van der Waals surface area contributed by atoms with Crippen molar-refractivity contribution in [2.45, 2.75) is 32.3 Å². The molecule has 8 nitrogen and oxygen atoms in total. The molecule has 1 aromatic heterocycles. The molecule has 24 heavy (non-hydrogen) atoms. The predicted octanol–water partition coefficient (Wildman–Crippen LogP) is 2.06. The number of nitro groups is 1. The molecule has 2 aromatic rings. The van der Waals surface area contributed by atoms with Gasteiger partial charge in [-0.2, -0.15) is 5.10 Å². The first-order valence-corrected chi connectivity index (χ1v) is 7.69. The number of rotatable bonds is 7. The van der Waals surface area contributed by atoms with Crippen LogP contribution in [0.1, 0.15) is 37.2 Å². The Balaban J connectivity index is 2.07. The summed E-state index contributed by atoms with van der Waals surface area (Å²) in [4.78, 5) is 22.3. The van der Waals surface area contributed by atoms with Crippen LogP contribution in [0.2, 0.25) is 0 Å². The summed E-state index contributed by atoms with van der Waals surface area (Å²) in [6.07, 6.45) is 2.68. The van der Waals surface area contributed by atoms with Crippen molar-refractivity contribution in [3.8, 4) is 5.69 Å². The Morgan fingerprint density at radius 2 is 1.92 bits per heavy atom. The molecule has 2 rings (SSSR count). The predicted molar refractivity (Wildman–Crippen MR) is 88.1 cm³/mol. The third kappa shape index (κ3) is 3.96. The minimum Gasteiger partial charge on any atom is -0.388 e. The Labute approximate surface area is 139 Å². The van der Waals surface area contributed by atoms with Crippen molar-refractivity contribution < 1.29 is 14.8 Å². The summed E-state index contributed by atoms with van der Waals surface area (Å²) in [5, 5.41) is 27.7. The fourth-order valence-electron chi connectivity index (χ4n) is 2.15. The van der Waals surface area contributed by atoms with Gasteiger partial charge in [-0.05, 0) is 31.0 Å². The standard InChI is InChI=1S/C16H20N4O4/c1-3-16(22,4-2)11-17-15(21)14-9-10-19(18-14)12-5-7-13(8-6-12)20(23)24/h5-10,22H,3-4,11H2,1-2H3,(H,17,21). The monoisotopic (exact) mass is 332 g/mol. The molecule has 0 aliphatic heterocycles. The number of non-ortho nitro benzene ring substituents is 1. The largest absolute Gasteiger partial charge is 0.388 e. The van der Waals surface area contributed by atoms with E-state index in [0.717, 1.165) is 0 Å². The van der Waals surface area contributed by atoms with E-state index >= 15 is 0 Å². The first-order chi connectivity index (χ1) is 11.4. The fourth-order valence-corrected chi connectivity index (χ4v) is 2.15. The molecular formula is C16H20N4O4. The van der Waals surface area contributed by atoms with E-state index in [1.807, 2.05) is 13.8 Å². The van der Waals surface area contributed by atoms with Crippen LogP contribution in [0.3, 0.4) is 0 Å². The SMILES string of the molecule is CCC(O)(CC)CNC(=O)c1ccn(-c2ccc([N+](=O)[O-])cc2)n1. The van der Waals surface area contributed by atoms with Crippen LogP contribution in [0.25, 0.3) is 5.69 Å². The molecule has 0 fully saturated rings. The highest BCUT2D eigenvalue weighted by Crippen LogP contribution is 2.15. The third-order valence-electron chi connectivity index (χ3n) is 4.04. The Hall–Kier alpha value is -2.74. The van der Waals surface area contributed by atoms with Crippen LogP contribution in [0, 0.1) is 10.1 Å². The van der Waals surface area contributed by atoms with Gasteiger partial charge in [0.25, 0.3) is 11.6 Å². The van der Waals surface area contributed by atoms with Crippen molar-refractivity contribution in [1.29, 1.82) is 0 Å². The van der Waals surface area contributed by atoms with Crippen LogP contribution < -0.4 is 5.32 Å². The van der Waals surface area contributed by atoms with Gasteiger partial charge >= 0.3 is 0 Å². The zero-order chi connectivity index (χ0) is 17.7. The van der Waals surface area contributed by atoms with E-state index in [-0.39, 0.29) is 23.8 Å². The molecule has 0 atom stereocenters. The van der Waals surface area contributed by atoms with Crippen molar-refractivity contribution in [2.24, 2.45) is 0 Å². The normalized spacial score (nSPS) is 11.3. The summed E-state index contributed by atoms with van der Waals surface area (Å²) in [6, 6.07) is 7.41. The summed E-state index contributed by atoms with van der Waals surface area (Å²) in [6.45, 7) is 3.88. The van der Waals surface area contributed by atoms with Crippen LogP contribution in [0.4, 0.5) is 5.69 Å². The second kappa shape index (κ2) is 7.22. The van der Waals surface area contributed by atoms with Gasteiger partial charge < -0.3 is 10.4 Å². The van der Waals surface area contributed by atoms with Crippen molar-refractivity contribution in [2.75, 3.05) is 6.54 Å². The van der Waals surface area contributed by atoms with Crippen LogP contribution in [-0.2, 0) is 0 Å². The van der Waals surface area contributed by atoms with E-state index in [2.05, 4.69) is 10.4 Å². The number of aliphatic hydroxyl groups is 1. The molecule has 128 valence electrons. The molecule has 0 unspecified atom stereocenters. The number of carbonyl (C=O) groups is 1. The quantitative estimate of drug-likeness (QED) is 0.595. The second-order valence-electron chi connectivity index (χ2n) is 5.53. The van der Waals surface area contributed by atoms with Gasteiger partial charge in [0.1, 0.15) is 0 Å². The number of aromatic nitrogens is 2. The lowest BCUT2D eigenvalue weighted by atomic mass is 9.97. The molecule has 1 heterocycles. The lowest BCUT2D eigenvalue weighted by Crippen LogP contribution is -2.42. The number of amides is 1. The van der Waals surface area contributed by atoms with E-state index in [9.17, 15) is 20.0 Å². The third-order valence-corrected chi connectivity index (χ3v) is 4.04. The molecule has 0 bridgehead atoms. The van der Waals surface area contributed by atoms with E-state index in [0.29, 0.717) is 18.5 Å². The average Bonchev–Trinajstić information content (AvgIpc) is 3.09. The Kier molecular flexibility index (Phi) is 5.30. The highest BCUT2D eigenvalue weighted by atomic mass is 16.6. The van der Waals surface area contributed by atoms with Crippen molar-refractivity contribution in [3.63, 3.8) is 0 Å². The molecule has 0 saturated heterocycles. The summed E-state index contributed by atoms with van der Waals surface area (Å²) >= 11 is 0. The van der Waals surface area contributed by atoms with Gasteiger partial charge in [0.05, 0.1) is 16.2 Å².